The highest BCUT2D eigenvalue weighted by atomic mass is 32.2. The smallest absolute Gasteiger partial charge is 0.243 e. The van der Waals surface area contributed by atoms with Crippen molar-refractivity contribution < 1.29 is 13.2 Å². The lowest BCUT2D eigenvalue weighted by molar-refractivity contribution is -0.131. The fourth-order valence-electron chi connectivity index (χ4n) is 2.83. The van der Waals surface area contributed by atoms with E-state index in [1.54, 1.807) is 17.0 Å². The molecule has 1 N–H and O–H groups in total. The third-order valence-corrected chi connectivity index (χ3v) is 6.37. The van der Waals surface area contributed by atoms with Crippen LogP contribution in [-0.4, -0.2) is 62.8 Å². The normalized spacial score (nSPS) is 15.6. The van der Waals surface area contributed by atoms with Crippen molar-refractivity contribution in [3.63, 3.8) is 0 Å². The number of nitrogens with one attached hydrogen (secondary N) is 1. The maximum absolute atomic E-state index is 13.0. The Morgan fingerprint density at radius 2 is 1.80 bits per heavy atom. The Labute approximate surface area is 151 Å². The Bertz CT molecular complexity index is 653. The van der Waals surface area contributed by atoms with Gasteiger partial charge in [-0.25, -0.2) is 8.42 Å². The van der Waals surface area contributed by atoms with Gasteiger partial charge in [-0.15, -0.1) is 0 Å². The van der Waals surface area contributed by atoms with Crippen molar-refractivity contribution in [1.29, 1.82) is 0 Å². The lowest BCUT2D eigenvalue weighted by atomic mass is 10.2. The number of nitrogens with zero attached hydrogens (tertiary/aromatic N) is 2. The largest absolute Gasteiger partial charge is 0.339 e. The minimum atomic E-state index is -3.66. The Kier molecular flexibility index (Phi) is 7.40. The van der Waals surface area contributed by atoms with Crippen LogP contribution in [0.15, 0.2) is 29.2 Å². The topological polar surface area (TPSA) is 69.7 Å². The summed E-state index contributed by atoms with van der Waals surface area (Å²) in [6, 6.07) is 6.96. The molecule has 25 heavy (non-hydrogen) atoms. The molecule has 0 aliphatic carbocycles. The number of rotatable bonds is 8. The first-order valence-electron chi connectivity index (χ1n) is 9.06. The van der Waals surface area contributed by atoms with E-state index in [2.05, 4.69) is 5.32 Å². The molecule has 1 aliphatic rings. The molecule has 1 heterocycles. The zero-order chi connectivity index (χ0) is 18.3. The number of unbranched alkanes of at least 4 members (excludes halogenated alkanes) is 1. The zero-order valence-corrected chi connectivity index (χ0v) is 16.0. The molecular weight excluding hydrogens is 338 g/mol. The van der Waals surface area contributed by atoms with Crippen molar-refractivity contribution in [3.8, 4) is 0 Å². The van der Waals surface area contributed by atoms with E-state index in [1.807, 2.05) is 26.0 Å². The first-order valence-corrected chi connectivity index (χ1v) is 10.5. The number of aryl methyl sites for hydroxylation is 1. The molecular formula is C18H29N3O3S. The summed E-state index contributed by atoms with van der Waals surface area (Å²) in [6.45, 7) is 7.10. The molecule has 1 aromatic carbocycles. The number of amides is 1. The minimum absolute atomic E-state index is 0.0855. The summed E-state index contributed by atoms with van der Waals surface area (Å²) in [5.41, 5.74) is 1.09. The van der Waals surface area contributed by atoms with Crippen LogP contribution in [0.2, 0.25) is 0 Å². The Morgan fingerprint density at radius 1 is 1.16 bits per heavy atom. The highest BCUT2D eigenvalue weighted by Crippen LogP contribution is 2.18. The lowest BCUT2D eigenvalue weighted by Gasteiger charge is -2.30. The van der Waals surface area contributed by atoms with Gasteiger partial charge in [0.2, 0.25) is 15.9 Å². The number of carbonyl (C=O) groups is 1. The maximum Gasteiger partial charge on any atom is 0.243 e. The van der Waals surface area contributed by atoms with Gasteiger partial charge in [-0.2, -0.15) is 4.31 Å². The molecule has 140 valence electrons. The van der Waals surface area contributed by atoms with Gasteiger partial charge in [-0.3, -0.25) is 4.79 Å². The summed E-state index contributed by atoms with van der Waals surface area (Å²) in [5, 5.41) is 3.20. The van der Waals surface area contributed by atoms with Gasteiger partial charge >= 0.3 is 0 Å². The molecule has 2 rings (SSSR count). The van der Waals surface area contributed by atoms with Gasteiger partial charge in [0.1, 0.15) is 0 Å². The lowest BCUT2D eigenvalue weighted by Crippen LogP contribution is -2.50. The molecule has 1 aliphatic heterocycles. The van der Waals surface area contributed by atoms with Crippen LogP contribution < -0.4 is 5.32 Å². The zero-order valence-electron chi connectivity index (χ0n) is 15.2. The van der Waals surface area contributed by atoms with Crippen LogP contribution in [0.1, 0.15) is 32.3 Å². The van der Waals surface area contributed by atoms with Gasteiger partial charge in [0, 0.05) is 32.7 Å². The molecule has 0 unspecified atom stereocenters. The molecule has 0 bridgehead atoms. The van der Waals surface area contributed by atoms with Gasteiger partial charge in [0.25, 0.3) is 0 Å². The summed E-state index contributed by atoms with van der Waals surface area (Å²) in [7, 11) is -3.66. The number of carbonyl (C=O) groups excluding carboxylic acids is 1. The second-order valence-corrected chi connectivity index (χ2v) is 8.26. The van der Waals surface area contributed by atoms with E-state index < -0.39 is 10.0 Å². The van der Waals surface area contributed by atoms with Gasteiger partial charge in [-0.05, 0) is 30.5 Å². The number of hydrogen-bond donors (Lipinski definition) is 1. The average Bonchev–Trinajstić information content (AvgIpc) is 2.65. The second-order valence-electron chi connectivity index (χ2n) is 6.32. The second kappa shape index (κ2) is 9.31. The molecule has 6 nitrogen and oxygen atoms in total. The number of hydrogen-bond acceptors (Lipinski definition) is 4. The SMILES string of the molecule is CCCCN(CC(=O)N1CCNCC1)S(=O)(=O)c1ccc(CC)cc1. The van der Waals surface area contributed by atoms with Crippen LogP contribution in [0, 0.1) is 0 Å². The number of benzene rings is 1. The Hall–Kier alpha value is -1.44. The van der Waals surface area contributed by atoms with Crippen molar-refractivity contribution in [2.45, 2.75) is 38.0 Å². The van der Waals surface area contributed by atoms with Crippen molar-refractivity contribution in [2.75, 3.05) is 39.3 Å². The average molecular weight is 368 g/mol. The van der Waals surface area contributed by atoms with Gasteiger partial charge in [-0.1, -0.05) is 32.4 Å². The van der Waals surface area contributed by atoms with Gasteiger partial charge < -0.3 is 10.2 Å². The molecule has 7 heteroatoms. The number of piperazine rings is 1. The van der Waals surface area contributed by atoms with Crippen molar-refractivity contribution >= 4 is 15.9 Å². The van der Waals surface area contributed by atoms with Crippen LogP contribution in [0.5, 0.6) is 0 Å². The maximum atomic E-state index is 13.0. The third kappa shape index (κ3) is 5.26. The molecule has 1 saturated heterocycles. The van der Waals surface area contributed by atoms with Crippen LogP contribution in [0.25, 0.3) is 0 Å². The highest BCUT2D eigenvalue weighted by Gasteiger charge is 2.28. The van der Waals surface area contributed by atoms with E-state index in [1.165, 1.54) is 4.31 Å². The van der Waals surface area contributed by atoms with E-state index in [9.17, 15) is 13.2 Å². The fraction of sp³-hybridized carbons (Fsp3) is 0.611. The van der Waals surface area contributed by atoms with Crippen LogP contribution in [0.4, 0.5) is 0 Å². The molecule has 1 fully saturated rings. The van der Waals surface area contributed by atoms with Crippen LogP contribution in [-0.2, 0) is 21.2 Å². The Morgan fingerprint density at radius 3 is 2.36 bits per heavy atom. The molecule has 0 spiro atoms. The summed E-state index contributed by atoms with van der Waals surface area (Å²) in [6.07, 6.45) is 2.48. The molecule has 0 radical (unpaired) electrons. The molecule has 1 aromatic rings. The van der Waals surface area contributed by atoms with E-state index in [4.69, 9.17) is 0 Å². The molecule has 1 amide bonds. The van der Waals surface area contributed by atoms with E-state index in [0.717, 1.165) is 37.9 Å². The minimum Gasteiger partial charge on any atom is -0.339 e. The molecule has 0 aromatic heterocycles. The first-order chi connectivity index (χ1) is 12.0. The quantitative estimate of drug-likeness (QED) is 0.755. The summed E-state index contributed by atoms with van der Waals surface area (Å²) >= 11 is 0. The predicted molar refractivity (Wildman–Crippen MR) is 98.9 cm³/mol. The highest BCUT2D eigenvalue weighted by molar-refractivity contribution is 7.89. The Balaban J connectivity index is 2.17. The standard InChI is InChI=1S/C18H29N3O3S/c1-3-5-12-21(15-18(22)20-13-10-19-11-14-20)25(23,24)17-8-6-16(4-2)7-9-17/h6-9,19H,3-5,10-15H2,1-2H3. The predicted octanol–water partition coefficient (Wildman–Crippen LogP) is 1.47. The summed E-state index contributed by atoms with van der Waals surface area (Å²) < 4.78 is 27.3. The number of sulfonamides is 1. The third-order valence-electron chi connectivity index (χ3n) is 4.51. The van der Waals surface area contributed by atoms with Crippen molar-refractivity contribution in [2.24, 2.45) is 0 Å². The fourth-order valence-corrected chi connectivity index (χ4v) is 4.26. The molecule has 0 atom stereocenters. The van der Waals surface area contributed by atoms with Crippen molar-refractivity contribution in [1.82, 2.24) is 14.5 Å². The monoisotopic (exact) mass is 367 g/mol. The van der Waals surface area contributed by atoms with Gasteiger partial charge in [0.15, 0.2) is 0 Å². The van der Waals surface area contributed by atoms with Crippen LogP contribution in [0.3, 0.4) is 0 Å². The first kappa shape index (κ1) is 19.9. The van der Waals surface area contributed by atoms with Crippen molar-refractivity contribution in [3.05, 3.63) is 29.8 Å². The van der Waals surface area contributed by atoms with E-state index in [-0.39, 0.29) is 17.3 Å². The summed E-state index contributed by atoms with van der Waals surface area (Å²) in [5.74, 6) is -0.119. The van der Waals surface area contributed by atoms with Gasteiger partial charge in [0.05, 0.1) is 11.4 Å². The molecule has 0 saturated carbocycles. The van der Waals surface area contributed by atoms with E-state index >= 15 is 0 Å². The van der Waals surface area contributed by atoms with E-state index in [0.29, 0.717) is 19.6 Å². The van der Waals surface area contributed by atoms with Crippen LogP contribution >= 0.6 is 0 Å². The summed E-state index contributed by atoms with van der Waals surface area (Å²) in [4.78, 5) is 14.5.